The second-order valence-corrected chi connectivity index (χ2v) is 8.50. The minimum absolute atomic E-state index is 0.116. The van der Waals surface area contributed by atoms with Gasteiger partial charge in [0, 0.05) is 35.2 Å². The van der Waals surface area contributed by atoms with Gasteiger partial charge >= 0.3 is 0 Å². The summed E-state index contributed by atoms with van der Waals surface area (Å²) in [4.78, 5) is 26.7. The topological polar surface area (TPSA) is 67.4 Å². The number of hydrogen-bond acceptors (Lipinski definition) is 4. The first kappa shape index (κ1) is 20.0. The molecule has 1 aliphatic rings. The molecule has 3 rings (SSSR count). The van der Waals surface area contributed by atoms with E-state index in [-0.39, 0.29) is 11.8 Å². The maximum absolute atomic E-state index is 12.8. The summed E-state index contributed by atoms with van der Waals surface area (Å²) in [5.41, 5.74) is 2.29. The molecule has 2 N–H and O–H groups in total. The number of halogens is 1. The lowest BCUT2D eigenvalue weighted by Gasteiger charge is -2.13. The highest BCUT2D eigenvalue weighted by molar-refractivity contribution is 9.10. The van der Waals surface area contributed by atoms with Crippen LogP contribution in [0.1, 0.15) is 50.4 Å². The van der Waals surface area contributed by atoms with E-state index in [9.17, 15) is 9.59 Å². The van der Waals surface area contributed by atoms with Crippen molar-refractivity contribution in [2.24, 2.45) is 0 Å². The van der Waals surface area contributed by atoms with Gasteiger partial charge < -0.3 is 15.4 Å². The summed E-state index contributed by atoms with van der Waals surface area (Å²) in [6.07, 6.45) is 4.82. The molecule has 0 atom stereocenters. The van der Waals surface area contributed by atoms with Crippen LogP contribution in [0.4, 0.5) is 5.00 Å². The Hall–Kier alpha value is -1.70. The van der Waals surface area contributed by atoms with E-state index in [4.69, 9.17) is 4.74 Å². The minimum atomic E-state index is -0.205. The molecule has 144 valence electrons. The second-order valence-electron chi connectivity index (χ2n) is 6.48. The van der Waals surface area contributed by atoms with Crippen molar-refractivity contribution in [2.75, 3.05) is 25.6 Å². The van der Waals surface area contributed by atoms with E-state index in [1.54, 1.807) is 19.2 Å². The van der Waals surface area contributed by atoms with Gasteiger partial charge in [-0.15, -0.1) is 11.3 Å². The zero-order valence-corrected chi connectivity index (χ0v) is 17.7. The highest BCUT2D eigenvalue weighted by Crippen LogP contribution is 2.38. The smallest absolute Gasteiger partial charge is 0.256 e. The number of ether oxygens (including phenoxy) is 1. The molecule has 0 bridgehead atoms. The summed E-state index contributed by atoms with van der Waals surface area (Å²) < 4.78 is 5.87. The molecule has 0 saturated heterocycles. The average Bonchev–Trinajstić information content (AvgIpc) is 3.03. The van der Waals surface area contributed by atoms with Gasteiger partial charge in [-0.1, -0.05) is 22.0 Å². The maximum atomic E-state index is 12.8. The third kappa shape index (κ3) is 4.97. The third-order valence-corrected chi connectivity index (χ3v) is 6.22. The van der Waals surface area contributed by atoms with Crippen molar-refractivity contribution >= 4 is 44.1 Å². The van der Waals surface area contributed by atoms with Crippen molar-refractivity contribution in [1.29, 1.82) is 0 Å². The fourth-order valence-corrected chi connectivity index (χ4v) is 4.89. The SMILES string of the molecule is COCCCNC(=O)c1c(NC(=O)c2cccc(Br)c2)sc2c1CCCC2. The van der Waals surface area contributed by atoms with Crippen LogP contribution in [0.15, 0.2) is 28.7 Å². The summed E-state index contributed by atoms with van der Waals surface area (Å²) in [6, 6.07) is 7.23. The van der Waals surface area contributed by atoms with Crippen LogP contribution in [0.3, 0.4) is 0 Å². The van der Waals surface area contributed by atoms with Crippen molar-refractivity contribution in [1.82, 2.24) is 5.32 Å². The van der Waals surface area contributed by atoms with Crippen LogP contribution in [-0.4, -0.2) is 32.1 Å². The highest BCUT2D eigenvalue weighted by Gasteiger charge is 2.26. The van der Waals surface area contributed by atoms with Crippen LogP contribution in [0.2, 0.25) is 0 Å². The fraction of sp³-hybridized carbons (Fsp3) is 0.400. The molecule has 2 amide bonds. The van der Waals surface area contributed by atoms with Crippen molar-refractivity contribution in [3.63, 3.8) is 0 Å². The Morgan fingerprint density at radius 1 is 1.22 bits per heavy atom. The number of carbonyl (C=O) groups is 2. The number of fused-ring (bicyclic) bond motifs is 1. The number of aryl methyl sites for hydroxylation is 1. The number of hydrogen-bond donors (Lipinski definition) is 2. The van der Waals surface area contributed by atoms with Gasteiger partial charge in [0.2, 0.25) is 0 Å². The van der Waals surface area contributed by atoms with E-state index in [1.807, 2.05) is 12.1 Å². The normalized spacial score (nSPS) is 13.1. The Kier molecular flexibility index (Phi) is 7.04. The Balaban J connectivity index is 1.82. The minimum Gasteiger partial charge on any atom is -0.385 e. The van der Waals surface area contributed by atoms with Crippen molar-refractivity contribution in [3.05, 3.63) is 50.3 Å². The van der Waals surface area contributed by atoms with Gasteiger partial charge in [0.05, 0.1) is 5.56 Å². The largest absolute Gasteiger partial charge is 0.385 e. The average molecular weight is 451 g/mol. The summed E-state index contributed by atoms with van der Waals surface area (Å²) in [6.45, 7) is 1.16. The molecule has 1 heterocycles. The lowest BCUT2D eigenvalue weighted by Crippen LogP contribution is -2.27. The molecular weight excluding hydrogens is 428 g/mol. The molecule has 1 aromatic carbocycles. The summed E-state index contributed by atoms with van der Waals surface area (Å²) in [5, 5.41) is 6.58. The van der Waals surface area contributed by atoms with Gasteiger partial charge in [-0.05, 0) is 55.9 Å². The van der Waals surface area contributed by atoms with Crippen molar-refractivity contribution < 1.29 is 14.3 Å². The molecule has 0 saturated carbocycles. The molecule has 0 fully saturated rings. The van der Waals surface area contributed by atoms with E-state index in [1.165, 1.54) is 16.2 Å². The van der Waals surface area contributed by atoms with Gasteiger partial charge in [0.1, 0.15) is 5.00 Å². The van der Waals surface area contributed by atoms with E-state index in [0.717, 1.165) is 42.1 Å². The summed E-state index contributed by atoms with van der Waals surface area (Å²) in [7, 11) is 1.65. The number of anilines is 1. The zero-order chi connectivity index (χ0) is 19.2. The maximum Gasteiger partial charge on any atom is 0.256 e. The molecule has 27 heavy (non-hydrogen) atoms. The van der Waals surface area contributed by atoms with E-state index in [2.05, 4.69) is 26.6 Å². The number of nitrogens with one attached hydrogen (secondary N) is 2. The number of methoxy groups -OCH3 is 1. The van der Waals surface area contributed by atoms with Crippen LogP contribution in [0, 0.1) is 0 Å². The van der Waals surface area contributed by atoms with Gasteiger partial charge in [0.15, 0.2) is 0 Å². The Morgan fingerprint density at radius 2 is 2.04 bits per heavy atom. The predicted molar refractivity (Wildman–Crippen MR) is 112 cm³/mol. The number of benzene rings is 1. The van der Waals surface area contributed by atoms with Gasteiger partial charge in [-0.25, -0.2) is 0 Å². The van der Waals surface area contributed by atoms with Gasteiger partial charge in [-0.2, -0.15) is 0 Å². The first-order chi connectivity index (χ1) is 13.1. The predicted octanol–water partition coefficient (Wildman–Crippen LogP) is 4.41. The second kappa shape index (κ2) is 9.48. The van der Waals surface area contributed by atoms with Crippen LogP contribution >= 0.6 is 27.3 Å². The number of amides is 2. The lowest BCUT2D eigenvalue weighted by atomic mass is 9.95. The molecule has 0 spiro atoms. The van der Waals surface area contributed by atoms with E-state index in [0.29, 0.717) is 29.3 Å². The Labute approximate surface area is 171 Å². The molecule has 0 unspecified atom stereocenters. The lowest BCUT2D eigenvalue weighted by molar-refractivity contribution is 0.0948. The molecule has 5 nitrogen and oxygen atoms in total. The van der Waals surface area contributed by atoms with E-state index >= 15 is 0 Å². The zero-order valence-electron chi connectivity index (χ0n) is 15.3. The summed E-state index contributed by atoms with van der Waals surface area (Å²) >= 11 is 4.92. The number of thiophene rings is 1. The number of rotatable bonds is 7. The van der Waals surface area contributed by atoms with Gasteiger partial charge in [0.25, 0.3) is 11.8 Å². The molecule has 0 radical (unpaired) electrons. The quantitative estimate of drug-likeness (QED) is 0.613. The molecule has 1 aromatic heterocycles. The molecule has 2 aromatic rings. The van der Waals surface area contributed by atoms with Crippen molar-refractivity contribution in [3.8, 4) is 0 Å². The summed E-state index contributed by atoms with van der Waals surface area (Å²) in [5.74, 6) is -0.321. The molecule has 0 aliphatic heterocycles. The highest BCUT2D eigenvalue weighted by atomic mass is 79.9. The molecular formula is C20H23BrN2O3S. The van der Waals surface area contributed by atoms with Crippen LogP contribution < -0.4 is 10.6 Å². The van der Waals surface area contributed by atoms with E-state index < -0.39 is 0 Å². The first-order valence-corrected chi connectivity index (χ1v) is 10.7. The van der Waals surface area contributed by atoms with Crippen LogP contribution in [-0.2, 0) is 17.6 Å². The molecule has 1 aliphatic carbocycles. The standard InChI is InChI=1S/C20H23BrN2O3S/c1-26-11-5-10-22-19(25)17-15-8-2-3-9-16(15)27-20(17)23-18(24)13-6-4-7-14(21)12-13/h4,6-7,12H,2-3,5,8-11H2,1H3,(H,22,25)(H,23,24). The Bertz CT molecular complexity index is 835. The Morgan fingerprint density at radius 3 is 2.81 bits per heavy atom. The molecule has 7 heteroatoms. The first-order valence-electron chi connectivity index (χ1n) is 9.08. The third-order valence-electron chi connectivity index (χ3n) is 4.52. The van der Waals surface area contributed by atoms with Gasteiger partial charge in [-0.3, -0.25) is 9.59 Å². The monoisotopic (exact) mass is 450 g/mol. The van der Waals surface area contributed by atoms with Crippen LogP contribution in [0.5, 0.6) is 0 Å². The van der Waals surface area contributed by atoms with Crippen molar-refractivity contribution in [2.45, 2.75) is 32.1 Å². The van der Waals surface area contributed by atoms with Crippen LogP contribution in [0.25, 0.3) is 0 Å². The fourth-order valence-electron chi connectivity index (χ4n) is 3.21. The number of carbonyl (C=O) groups excluding carboxylic acids is 2.